The third-order valence-corrected chi connectivity index (χ3v) is 5.71. The van der Waals surface area contributed by atoms with E-state index >= 15 is 0 Å². The van der Waals surface area contributed by atoms with Crippen molar-refractivity contribution in [2.75, 3.05) is 26.8 Å². The first-order valence-corrected chi connectivity index (χ1v) is 11.0. The number of carbonyl (C=O) groups excluding carboxylic acids is 1. The molecule has 9 heteroatoms. The van der Waals surface area contributed by atoms with Gasteiger partial charge in [-0.1, -0.05) is 24.3 Å². The third kappa shape index (κ3) is 5.61. The molecule has 0 unspecified atom stereocenters. The molecule has 0 spiro atoms. The van der Waals surface area contributed by atoms with Crippen LogP contribution in [-0.4, -0.2) is 57.5 Å². The van der Waals surface area contributed by atoms with Gasteiger partial charge in [0.05, 0.1) is 13.2 Å². The number of rotatable bonds is 8. The second-order valence-corrected chi connectivity index (χ2v) is 8.04. The van der Waals surface area contributed by atoms with E-state index in [0.717, 1.165) is 36.7 Å². The van der Waals surface area contributed by atoms with Crippen LogP contribution in [-0.2, 0) is 24.3 Å². The standard InChI is InChI=1S/C24H29N5O4/c1-17(25-23(31)16-33-19-6-4-3-5-7-19)24-27-26-22-10-11-28(12-13-29(22)24)15-18-8-9-20(32-2)14-21(18)30/h3-9,14,17,30H,10-13,15-16H2,1-2H3,(H,25,31)/t17-/m1/s1. The van der Waals surface area contributed by atoms with Crippen LogP contribution in [0.4, 0.5) is 0 Å². The number of hydrogen-bond acceptors (Lipinski definition) is 7. The van der Waals surface area contributed by atoms with Gasteiger partial charge in [0, 0.05) is 44.2 Å². The average Bonchev–Trinajstić information content (AvgIpc) is 3.13. The Kier molecular flexibility index (Phi) is 7.09. The molecule has 9 nitrogen and oxygen atoms in total. The van der Waals surface area contributed by atoms with Crippen LogP contribution in [0.5, 0.6) is 17.2 Å². The van der Waals surface area contributed by atoms with Crippen molar-refractivity contribution >= 4 is 5.91 Å². The second kappa shape index (κ2) is 10.4. The molecule has 0 fully saturated rings. The summed E-state index contributed by atoms with van der Waals surface area (Å²) in [6.45, 7) is 4.75. The summed E-state index contributed by atoms with van der Waals surface area (Å²) in [6, 6.07) is 14.3. The molecule has 2 heterocycles. The highest BCUT2D eigenvalue weighted by atomic mass is 16.5. The van der Waals surface area contributed by atoms with Crippen molar-refractivity contribution in [3.05, 3.63) is 65.7 Å². The lowest BCUT2D eigenvalue weighted by Gasteiger charge is -2.21. The van der Waals surface area contributed by atoms with E-state index in [0.29, 0.717) is 24.6 Å². The van der Waals surface area contributed by atoms with Gasteiger partial charge in [0.25, 0.3) is 5.91 Å². The fraction of sp³-hybridized carbons (Fsp3) is 0.375. The summed E-state index contributed by atoms with van der Waals surface area (Å²) >= 11 is 0. The normalized spacial score (nSPS) is 14.7. The highest BCUT2D eigenvalue weighted by molar-refractivity contribution is 5.77. The van der Waals surface area contributed by atoms with Crippen LogP contribution in [0.15, 0.2) is 48.5 Å². The summed E-state index contributed by atoms with van der Waals surface area (Å²) < 4.78 is 12.8. The Labute approximate surface area is 193 Å². The predicted octanol–water partition coefficient (Wildman–Crippen LogP) is 2.31. The lowest BCUT2D eigenvalue weighted by atomic mass is 10.1. The maximum atomic E-state index is 12.4. The third-order valence-electron chi connectivity index (χ3n) is 5.71. The van der Waals surface area contributed by atoms with Crippen LogP contribution in [0.1, 0.15) is 30.2 Å². The first-order valence-electron chi connectivity index (χ1n) is 11.0. The van der Waals surface area contributed by atoms with Crippen molar-refractivity contribution < 1.29 is 19.4 Å². The van der Waals surface area contributed by atoms with Crippen LogP contribution >= 0.6 is 0 Å². The smallest absolute Gasteiger partial charge is 0.258 e. The number of fused-ring (bicyclic) bond motifs is 1. The summed E-state index contributed by atoms with van der Waals surface area (Å²) in [5.41, 5.74) is 0.854. The first-order chi connectivity index (χ1) is 16.0. The number of benzene rings is 2. The minimum Gasteiger partial charge on any atom is -0.507 e. The zero-order valence-corrected chi connectivity index (χ0v) is 18.9. The van der Waals surface area contributed by atoms with Crippen molar-refractivity contribution in [2.45, 2.75) is 32.5 Å². The fourth-order valence-electron chi connectivity index (χ4n) is 3.93. The van der Waals surface area contributed by atoms with E-state index in [-0.39, 0.29) is 24.3 Å². The average molecular weight is 452 g/mol. The Bertz CT molecular complexity index is 1090. The molecule has 33 heavy (non-hydrogen) atoms. The van der Waals surface area contributed by atoms with E-state index in [1.54, 1.807) is 13.2 Å². The van der Waals surface area contributed by atoms with Crippen molar-refractivity contribution in [1.82, 2.24) is 25.0 Å². The number of carbonyl (C=O) groups is 1. The van der Waals surface area contributed by atoms with Gasteiger partial charge in [-0.25, -0.2) is 0 Å². The highest BCUT2D eigenvalue weighted by Crippen LogP contribution is 2.25. The van der Waals surface area contributed by atoms with Crippen molar-refractivity contribution in [3.8, 4) is 17.2 Å². The van der Waals surface area contributed by atoms with Crippen LogP contribution in [0, 0.1) is 0 Å². The number of methoxy groups -OCH3 is 1. The van der Waals surface area contributed by atoms with Gasteiger partial charge in [-0.2, -0.15) is 0 Å². The van der Waals surface area contributed by atoms with E-state index in [1.807, 2.05) is 49.4 Å². The molecule has 3 aromatic rings. The topological polar surface area (TPSA) is 102 Å². The number of para-hydroxylation sites is 1. The monoisotopic (exact) mass is 451 g/mol. The maximum Gasteiger partial charge on any atom is 0.258 e. The maximum absolute atomic E-state index is 12.4. The van der Waals surface area contributed by atoms with E-state index in [1.165, 1.54) is 0 Å². The molecular formula is C24H29N5O4. The summed E-state index contributed by atoms with van der Waals surface area (Å²) in [4.78, 5) is 14.6. The largest absolute Gasteiger partial charge is 0.507 e. The Balaban J connectivity index is 1.34. The van der Waals surface area contributed by atoms with Gasteiger partial charge in [0.1, 0.15) is 23.1 Å². The number of aromatic hydroxyl groups is 1. The molecule has 4 rings (SSSR count). The lowest BCUT2D eigenvalue weighted by molar-refractivity contribution is -0.123. The van der Waals surface area contributed by atoms with Gasteiger partial charge in [0.15, 0.2) is 12.4 Å². The Hall–Kier alpha value is -3.59. The molecule has 2 N–H and O–H groups in total. The van der Waals surface area contributed by atoms with Gasteiger partial charge < -0.3 is 24.5 Å². The van der Waals surface area contributed by atoms with Gasteiger partial charge >= 0.3 is 0 Å². The van der Waals surface area contributed by atoms with Gasteiger partial charge in [-0.15, -0.1) is 10.2 Å². The molecule has 0 saturated carbocycles. The molecule has 174 valence electrons. The van der Waals surface area contributed by atoms with Gasteiger partial charge in [0.2, 0.25) is 0 Å². The number of nitrogens with one attached hydrogen (secondary N) is 1. The van der Waals surface area contributed by atoms with Crippen LogP contribution in [0.25, 0.3) is 0 Å². The molecule has 1 atom stereocenters. The Morgan fingerprint density at radius 2 is 1.94 bits per heavy atom. The molecule has 1 aliphatic heterocycles. The molecule has 1 amide bonds. The van der Waals surface area contributed by atoms with Gasteiger partial charge in [-0.05, 0) is 25.1 Å². The van der Waals surface area contributed by atoms with Crippen LogP contribution in [0.3, 0.4) is 0 Å². The minimum absolute atomic E-state index is 0.0610. The lowest BCUT2D eigenvalue weighted by Crippen LogP contribution is -2.33. The molecular weight excluding hydrogens is 422 g/mol. The summed E-state index contributed by atoms with van der Waals surface area (Å²) in [5, 5.41) is 21.9. The van der Waals surface area contributed by atoms with Gasteiger partial charge in [-0.3, -0.25) is 9.69 Å². The Morgan fingerprint density at radius 3 is 2.70 bits per heavy atom. The molecule has 1 aromatic heterocycles. The second-order valence-electron chi connectivity index (χ2n) is 8.04. The number of ether oxygens (including phenoxy) is 2. The fourth-order valence-corrected chi connectivity index (χ4v) is 3.93. The zero-order valence-electron chi connectivity index (χ0n) is 18.9. The van der Waals surface area contributed by atoms with Crippen molar-refractivity contribution in [2.24, 2.45) is 0 Å². The molecule has 1 aliphatic rings. The molecule has 0 saturated heterocycles. The minimum atomic E-state index is -0.296. The van der Waals surface area contributed by atoms with Crippen molar-refractivity contribution in [1.29, 1.82) is 0 Å². The number of amides is 1. The number of nitrogens with zero attached hydrogens (tertiary/aromatic N) is 4. The molecule has 0 radical (unpaired) electrons. The first kappa shape index (κ1) is 22.6. The highest BCUT2D eigenvalue weighted by Gasteiger charge is 2.23. The van der Waals surface area contributed by atoms with Crippen LogP contribution in [0.2, 0.25) is 0 Å². The number of hydrogen-bond donors (Lipinski definition) is 2. The molecule has 2 aromatic carbocycles. The number of phenols is 1. The molecule has 0 aliphatic carbocycles. The van der Waals surface area contributed by atoms with Crippen LogP contribution < -0.4 is 14.8 Å². The number of phenolic OH excluding ortho intramolecular Hbond substituents is 1. The molecule has 0 bridgehead atoms. The van der Waals surface area contributed by atoms with E-state index < -0.39 is 0 Å². The van der Waals surface area contributed by atoms with E-state index in [2.05, 4.69) is 25.0 Å². The Morgan fingerprint density at radius 1 is 1.12 bits per heavy atom. The van der Waals surface area contributed by atoms with E-state index in [9.17, 15) is 9.90 Å². The number of aromatic nitrogens is 3. The predicted molar refractivity (Wildman–Crippen MR) is 122 cm³/mol. The zero-order chi connectivity index (χ0) is 23.2. The summed E-state index contributed by atoms with van der Waals surface area (Å²) in [7, 11) is 1.58. The summed E-state index contributed by atoms with van der Waals surface area (Å²) in [6.07, 6.45) is 0.738. The quantitative estimate of drug-likeness (QED) is 0.542. The summed E-state index contributed by atoms with van der Waals surface area (Å²) in [5.74, 6) is 2.93. The van der Waals surface area contributed by atoms with E-state index in [4.69, 9.17) is 9.47 Å². The van der Waals surface area contributed by atoms with Crippen molar-refractivity contribution in [3.63, 3.8) is 0 Å². The SMILES string of the molecule is COc1ccc(CN2CCc3nnc([C@@H](C)NC(=O)COc4ccccc4)n3CC2)c(O)c1.